The molecule has 1 fully saturated rings. The van der Waals surface area contributed by atoms with E-state index in [0.29, 0.717) is 17.5 Å². The zero-order valence-corrected chi connectivity index (χ0v) is 12.3. The predicted octanol–water partition coefficient (Wildman–Crippen LogP) is 3.68. The van der Waals surface area contributed by atoms with Crippen molar-refractivity contribution >= 4 is 11.8 Å². The Morgan fingerprint density at radius 1 is 1.21 bits per heavy atom. The van der Waals surface area contributed by atoms with Gasteiger partial charge in [0.2, 0.25) is 0 Å². The fraction of sp³-hybridized carbons (Fsp3) is 0.625. The highest BCUT2D eigenvalue weighted by molar-refractivity contribution is 8.00. The van der Waals surface area contributed by atoms with E-state index in [1.54, 1.807) is 0 Å². The molecule has 1 aliphatic carbocycles. The van der Waals surface area contributed by atoms with E-state index in [4.69, 9.17) is 9.47 Å². The molecule has 0 spiro atoms. The van der Waals surface area contributed by atoms with Gasteiger partial charge in [0, 0.05) is 17.3 Å². The van der Waals surface area contributed by atoms with Crippen molar-refractivity contribution < 1.29 is 9.47 Å². The monoisotopic (exact) mass is 278 g/mol. The van der Waals surface area contributed by atoms with E-state index in [1.807, 2.05) is 18.9 Å². The second-order valence-electron chi connectivity index (χ2n) is 5.53. The van der Waals surface area contributed by atoms with Gasteiger partial charge in [-0.2, -0.15) is 0 Å². The summed E-state index contributed by atoms with van der Waals surface area (Å²) in [6.07, 6.45) is 6.67. The molecule has 104 valence electrons. The SMILES string of the molecule is COC1CCCC(OCC2Cc3ccccc3S2)C1. The van der Waals surface area contributed by atoms with Crippen LogP contribution in [0.3, 0.4) is 0 Å². The van der Waals surface area contributed by atoms with Crippen molar-refractivity contribution in [3.63, 3.8) is 0 Å². The van der Waals surface area contributed by atoms with Gasteiger partial charge in [-0.1, -0.05) is 18.2 Å². The first-order valence-electron chi connectivity index (χ1n) is 7.24. The standard InChI is InChI=1S/C16H22O2S/c1-17-13-6-4-7-14(10-13)18-11-15-9-12-5-2-3-8-16(12)19-15/h2-3,5,8,13-15H,4,6-7,9-11H2,1H3. The molecular weight excluding hydrogens is 256 g/mol. The normalized spacial score (nSPS) is 30.3. The largest absolute Gasteiger partial charge is 0.381 e. The van der Waals surface area contributed by atoms with Gasteiger partial charge in [0.1, 0.15) is 0 Å². The van der Waals surface area contributed by atoms with Crippen LogP contribution in [0.15, 0.2) is 29.2 Å². The molecule has 3 unspecified atom stereocenters. The predicted molar refractivity (Wildman–Crippen MR) is 78.8 cm³/mol. The molecule has 3 heteroatoms. The van der Waals surface area contributed by atoms with Gasteiger partial charge in [0.25, 0.3) is 0 Å². The molecule has 0 aromatic heterocycles. The van der Waals surface area contributed by atoms with Crippen LogP contribution in [-0.2, 0) is 15.9 Å². The van der Waals surface area contributed by atoms with Gasteiger partial charge in [0.05, 0.1) is 18.8 Å². The van der Waals surface area contributed by atoms with Crippen LogP contribution < -0.4 is 0 Å². The maximum absolute atomic E-state index is 6.13. The Labute approximate surface area is 119 Å². The first-order valence-corrected chi connectivity index (χ1v) is 8.12. The Kier molecular flexibility index (Phi) is 4.46. The summed E-state index contributed by atoms with van der Waals surface area (Å²) in [6, 6.07) is 8.72. The lowest BCUT2D eigenvalue weighted by molar-refractivity contribution is -0.0286. The number of methoxy groups -OCH3 is 1. The van der Waals surface area contributed by atoms with Crippen LogP contribution in [-0.4, -0.2) is 31.2 Å². The van der Waals surface area contributed by atoms with Gasteiger partial charge in [-0.25, -0.2) is 0 Å². The van der Waals surface area contributed by atoms with Crippen LogP contribution >= 0.6 is 11.8 Å². The molecule has 2 nitrogen and oxygen atoms in total. The zero-order chi connectivity index (χ0) is 13.1. The van der Waals surface area contributed by atoms with E-state index in [2.05, 4.69) is 24.3 Å². The highest BCUT2D eigenvalue weighted by Crippen LogP contribution is 2.37. The number of rotatable bonds is 4. The lowest BCUT2D eigenvalue weighted by atomic mass is 9.95. The fourth-order valence-corrected chi connectivity index (χ4v) is 4.29. The second-order valence-corrected chi connectivity index (χ2v) is 6.87. The molecule has 19 heavy (non-hydrogen) atoms. The molecule has 1 saturated carbocycles. The second kappa shape index (κ2) is 6.29. The molecule has 0 radical (unpaired) electrons. The highest BCUT2D eigenvalue weighted by Gasteiger charge is 2.26. The number of fused-ring (bicyclic) bond motifs is 1. The summed E-state index contributed by atoms with van der Waals surface area (Å²) >= 11 is 1.98. The minimum atomic E-state index is 0.406. The summed E-state index contributed by atoms with van der Waals surface area (Å²) in [5.74, 6) is 0. The number of hydrogen-bond acceptors (Lipinski definition) is 3. The molecule has 0 saturated heterocycles. The topological polar surface area (TPSA) is 18.5 Å². The first-order chi connectivity index (χ1) is 9.35. The summed E-state index contributed by atoms with van der Waals surface area (Å²) in [5, 5.41) is 0.598. The molecule has 1 aromatic carbocycles. The van der Waals surface area contributed by atoms with E-state index in [-0.39, 0.29) is 0 Å². The van der Waals surface area contributed by atoms with Crippen LogP contribution in [0.2, 0.25) is 0 Å². The molecule has 3 atom stereocenters. The van der Waals surface area contributed by atoms with Crippen molar-refractivity contribution in [2.45, 2.75) is 54.5 Å². The van der Waals surface area contributed by atoms with Gasteiger partial charge in [0.15, 0.2) is 0 Å². The van der Waals surface area contributed by atoms with Gasteiger partial charge in [-0.15, -0.1) is 11.8 Å². The van der Waals surface area contributed by atoms with E-state index in [0.717, 1.165) is 19.4 Å². The average Bonchev–Trinajstić information content (AvgIpc) is 2.88. The Morgan fingerprint density at radius 3 is 2.89 bits per heavy atom. The molecule has 1 aliphatic heterocycles. The van der Waals surface area contributed by atoms with E-state index >= 15 is 0 Å². The van der Waals surface area contributed by atoms with Crippen molar-refractivity contribution in [1.82, 2.24) is 0 Å². The first kappa shape index (κ1) is 13.5. The van der Waals surface area contributed by atoms with Gasteiger partial charge in [-0.3, -0.25) is 0 Å². The van der Waals surface area contributed by atoms with Crippen molar-refractivity contribution in [3.05, 3.63) is 29.8 Å². The van der Waals surface area contributed by atoms with Crippen molar-refractivity contribution in [1.29, 1.82) is 0 Å². The number of ether oxygens (including phenoxy) is 2. The van der Waals surface area contributed by atoms with Crippen LogP contribution in [0, 0.1) is 0 Å². The molecule has 1 aromatic rings. The minimum Gasteiger partial charge on any atom is -0.381 e. The third-order valence-electron chi connectivity index (χ3n) is 4.14. The van der Waals surface area contributed by atoms with Crippen LogP contribution in [0.4, 0.5) is 0 Å². The fourth-order valence-electron chi connectivity index (χ4n) is 3.06. The Balaban J connectivity index is 1.46. The Hall–Kier alpha value is -0.510. The Morgan fingerprint density at radius 2 is 2.05 bits per heavy atom. The minimum absolute atomic E-state index is 0.406. The van der Waals surface area contributed by atoms with Gasteiger partial charge < -0.3 is 9.47 Å². The van der Waals surface area contributed by atoms with Crippen molar-refractivity contribution in [3.8, 4) is 0 Å². The summed E-state index contributed by atoms with van der Waals surface area (Å²) in [6.45, 7) is 0.875. The summed E-state index contributed by atoms with van der Waals surface area (Å²) in [5.41, 5.74) is 1.49. The molecule has 2 aliphatic rings. The van der Waals surface area contributed by atoms with Crippen molar-refractivity contribution in [2.75, 3.05) is 13.7 Å². The quantitative estimate of drug-likeness (QED) is 0.837. The van der Waals surface area contributed by atoms with E-state index in [1.165, 1.54) is 29.7 Å². The number of hydrogen-bond donors (Lipinski definition) is 0. The number of benzene rings is 1. The van der Waals surface area contributed by atoms with Crippen LogP contribution in [0.1, 0.15) is 31.2 Å². The molecule has 3 rings (SSSR count). The molecular formula is C16H22O2S. The lowest BCUT2D eigenvalue weighted by Gasteiger charge is -2.28. The number of thioether (sulfide) groups is 1. The van der Waals surface area contributed by atoms with E-state index in [9.17, 15) is 0 Å². The van der Waals surface area contributed by atoms with Crippen LogP contribution in [0.5, 0.6) is 0 Å². The summed E-state index contributed by atoms with van der Waals surface area (Å²) in [4.78, 5) is 1.44. The van der Waals surface area contributed by atoms with Crippen LogP contribution in [0.25, 0.3) is 0 Å². The van der Waals surface area contributed by atoms with Gasteiger partial charge >= 0.3 is 0 Å². The zero-order valence-electron chi connectivity index (χ0n) is 11.5. The van der Waals surface area contributed by atoms with Crippen molar-refractivity contribution in [2.24, 2.45) is 0 Å². The molecule has 1 heterocycles. The average molecular weight is 278 g/mol. The van der Waals surface area contributed by atoms with Gasteiger partial charge in [-0.05, 0) is 43.7 Å². The Bertz CT molecular complexity index is 396. The highest BCUT2D eigenvalue weighted by atomic mass is 32.2. The smallest absolute Gasteiger partial charge is 0.0600 e. The third-order valence-corrected chi connectivity index (χ3v) is 5.43. The lowest BCUT2D eigenvalue weighted by Crippen LogP contribution is -2.29. The molecule has 0 bridgehead atoms. The summed E-state index contributed by atoms with van der Waals surface area (Å²) in [7, 11) is 1.82. The maximum atomic E-state index is 6.13. The molecule has 0 amide bonds. The molecule has 0 N–H and O–H groups in total. The summed E-state index contributed by atoms with van der Waals surface area (Å²) < 4.78 is 11.6. The van der Waals surface area contributed by atoms with E-state index < -0.39 is 0 Å². The third kappa shape index (κ3) is 3.33. The maximum Gasteiger partial charge on any atom is 0.0600 e.